The van der Waals surface area contributed by atoms with Crippen molar-refractivity contribution in [3.05, 3.63) is 46.2 Å². The normalized spacial score (nSPS) is 13.2. The van der Waals surface area contributed by atoms with Crippen molar-refractivity contribution in [1.29, 1.82) is 0 Å². The average molecular weight is 311 g/mol. The van der Waals surface area contributed by atoms with Gasteiger partial charge in [-0.2, -0.15) is 0 Å². The molecule has 0 radical (unpaired) electrons. The molecule has 108 valence electrons. The fraction of sp³-hybridized carbons (Fsp3) is 0.286. The maximum Gasteiger partial charge on any atom is 0.241 e. The predicted molar refractivity (Wildman–Crippen MR) is 80.8 cm³/mol. The first kappa shape index (κ1) is 15.0. The second-order valence-corrected chi connectivity index (χ2v) is 7.18. The van der Waals surface area contributed by atoms with Gasteiger partial charge >= 0.3 is 0 Å². The number of nitrogens with one attached hydrogen (secondary N) is 1. The summed E-state index contributed by atoms with van der Waals surface area (Å²) in [6.45, 7) is 3.65. The van der Waals surface area contributed by atoms with Crippen molar-refractivity contribution in [2.75, 3.05) is 7.11 Å². The van der Waals surface area contributed by atoms with Gasteiger partial charge in [0.05, 0.1) is 18.0 Å². The fourth-order valence-corrected chi connectivity index (χ4v) is 4.03. The third kappa shape index (κ3) is 3.20. The Labute approximate surface area is 123 Å². The Bertz CT molecular complexity index is 678. The molecule has 1 atom stereocenters. The van der Waals surface area contributed by atoms with Crippen molar-refractivity contribution in [3.8, 4) is 5.75 Å². The largest absolute Gasteiger partial charge is 0.496 e. The Morgan fingerprint density at radius 3 is 2.60 bits per heavy atom. The number of methoxy groups -OCH3 is 1. The predicted octanol–water partition coefficient (Wildman–Crippen LogP) is 3.10. The summed E-state index contributed by atoms with van der Waals surface area (Å²) in [6.07, 6.45) is 0. The average Bonchev–Trinajstić information content (AvgIpc) is 2.92. The Kier molecular flexibility index (Phi) is 4.47. The molecule has 0 spiro atoms. The van der Waals surface area contributed by atoms with Gasteiger partial charge in [0.25, 0.3) is 0 Å². The number of rotatable bonds is 5. The van der Waals surface area contributed by atoms with Gasteiger partial charge in [-0.1, -0.05) is 6.07 Å². The zero-order valence-electron chi connectivity index (χ0n) is 11.6. The number of aryl methyl sites for hydroxylation is 1. The fourth-order valence-electron chi connectivity index (χ4n) is 1.91. The summed E-state index contributed by atoms with van der Waals surface area (Å²) in [4.78, 5) is 1.23. The quantitative estimate of drug-likeness (QED) is 0.923. The van der Waals surface area contributed by atoms with Crippen LogP contribution >= 0.6 is 11.3 Å². The Balaban J connectivity index is 2.24. The molecular formula is C14H17NO3S2. The zero-order valence-corrected chi connectivity index (χ0v) is 13.2. The summed E-state index contributed by atoms with van der Waals surface area (Å²) in [6, 6.07) is 8.40. The van der Waals surface area contributed by atoms with Gasteiger partial charge in [-0.25, -0.2) is 13.1 Å². The molecular weight excluding hydrogens is 294 g/mol. The van der Waals surface area contributed by atoms with E-state index in [0.29, 0.717) is 5.75 Å². The first-order valence-electron chi connectivity index (χ1n) is 6.14. The standard InChI is InChI=1S/C14H17NO3S2/c1-10-9-12(6-7-13(10)18-3)20(16,17)15-11(2)14-5-4-8-19-14/h4-9,11,15H,1-3H3. The Morgan fingerprint density at radius 1 is 1.30 bits per heavy atom. The molecule has 2 rings (SSSR count). The number of sulfonamides is 1. The van der Waals surface area contributed by atoms with Crippen LogP contribution in [0.5, 0.6) is 5.75 Å². The van der Waals surface area contributed by atoms with Crippen molar-refractivity contribution in [3.63, 3.8) is 0 Å². The molecule has 1 N–H and O–H groups in total. The minimum atomic E-state index is -3.53. The van der Waals surface area contributed by atoms with E-state index in [1.54, 1.807) is 25.3 Å². The lowest BCUT2D eigenvalue weighted by Crippen LogP contribution is -2.26. The van der Waals surface area contributed by atoms with Gasteiger partial charge in [-0.3, -0.25) is 0 Å². The maximum atomic E-state index is 12.3. The molecule has 1 unspecified atom stereocenters. The highest BCUT2D eigenvalue weighted by Gasteiger charge is 2.19. The molecule has 0 aliphatic heterocycles. The first-order valence-corrected chi connectivity index (χ1v) is 8.50. The molecule has 2 aromatic rings. The summed E-state index contributed by atoms with van der Waals surface area (Å²) in [5.41, 5.74) is 0.791. The van der Waals surface area contributed by atoms with Gasteiger partial charge in [0, 0.05) is 4.88 Å². The van der Waals surface area contributed by atoms with Gasteiger partial charge in [-0.15, -0.1) is 11.3 Å². The number of hydrogen-bond acceptors (Lipinski definition) is 4. The lowest BCUT2D eigenvalue weighted by molar-refractivity contribution is 0.411. The van der Waals surface area contributed by atoms with Gasteiger partial charge in [0.2, 0.25) is 10.0 Å². The van der Waals surface area contributed by atoms with Gasteiger partial charge in [0.15, 0.2) is 0 Å². The van der Waals surface area contributed by atoms with E-state index in [1.165, 1.54) is 11.3 Å². The third-order valence-electron chi connectivity index (χ3n) is 2.98. The van der Waals surface area contributed by atoms with Crippen LogP contribution in [0.3, 0.4) is 0 Å². The smallest absolute Gasteiger partial charge is 0.241 e. The van der Waals surface area contributed by atoms with E-state index in [2.05, 4.69) is 4.72 Å². The number of ether oxygens (including phenoxy) is 1. The van der Waals surface area contributed by atoms with Crippen molar-refractivity contribution in [2.24, 2.45) is 0 Å². The Morgan fingerprint density at radius 2 is 2.05 bits per heavy atom. The summed E-state index contributed by atoms with van der Waals surface area (Å²) in [5.74, 6) is 0.676. The number of hydrogen-bond donors (Lipinski definition) is 1. The van der Waals surface area contributed by atoms with E-state index < -0.39 is 10.0 Å². The topological polar surface area (TPSA) is 55.4 Å². The lowest BCUT2D eigenvalue weighted by atomic mass is 10.2. The van der Waals surface area contributed by atoms with E-state index in [1.807, 2.05) is 31.4 Å². The lowest BCUT2D eigenvalue weighted by Gasteiger charge is -2.14. The van der Waals surface area contributed by atoms with Crippen LogP contribution in [0.4, 0.5) is 0 Å². The molecule has 0 aliphatic carbocycles. The minimum absolute atomic E-state index is 0.248. The molecule has 1 heterocycles. The SMILES string of the molecule is COc1ccc(S(=O)(=O)NC(C)c2cccs2)cc1C. The van der Waals surface area contributed by atoms with E-state index >= 15 is 0 Å². The van der Waals surface area contributed by atoms with Crippen molar-refractivity contribution >= 4 is 21.4 Å². The minimum Gasteiger partial charge on any atom is -0.496 e. The summed E-state index contributed by atoms with van der Waals surface area (Å²) < 4.78 is 32.5. The van der Waals surface area contributed by atoms with Crippen LogP contribution in [0.2, 0.25) is 0 Å². The molecule has 1 aromatic carbocycles. The van der Waals surface area contributed by atoms with E-state index in [0.717, 1.165) is 10.4 Å². The molecule has 6 heteroatoms. The van der Waals surface area contributed by atoms with Gasteiger partial charge < -0.3 is 4.74 Å². The highest BCUT2D eigenvalue weighted by Crippen LogP contribution is 2.24. The maximum absolute atomic E-state index is 12.3. The second-order valence-electron chi connectivity index (χ2n) is 4.49. The molecule has 20 heavy (non-hydrogen) atoms. The monoisotopic (exact) mass is 311 g/mol. The van der Waals surface area contributed by atoms with Crippen LogP contribution in [-0.2, 0) is 10.0 Å². The van der Waals surface area contributed by atoms with Crippen LogP contribution in [-0.4, -0.2) is 15.5 Å². The van der Waals surface area contributed by atoms with Crippen LogP contribution in [0, 0.1) is 6.92 Å². The molecule has 4 nitrogen and oxygen atoms in total. The molecule has 0 amide bonds. The zero-order chi connectivity index (χ0) is 14.8. The van der Waals surface area contributed by atoms with Crippen LogP contribution < -0.4 is 9.46 Å². The molecule has 0 saturated heterocycles. The molecule has 0 bridgehead atoms. The molecule has 1 aromatic heterocycles. The first-order chi connectivity index (χ1) is 9.44. The van der Waals surface area contributed by atoms with Crippen molar-refractivity contribution in [1.82, 2.24) is 4.72 Å². The van der Waals surface area contributed by atoms with E-state index in [9.17, 15) is 8.42 Å². The number of benzene rings is 1. The summed E-state index contributed by atoms with van der Waals surface area (Å²) in [7, 11) is -1.97. The van der Waals surface area contributed by atoms with Crippen LogP contribution in [0.15, 0.2) is 40.6 Å². The van der Waals surface area contributed by atoms with E-state index in [-0.39, 0.29) is 10.9 Å². The number of thiophene rings is 1. The molecule has 0 saturated carbocycles. The van der Waals surface area contributed by atoms with Crippen LogP contribution in [0.25, 0.3) is 0 Å². The van der Waals surface area contributed by atoms with Crippen molar-refractivity contribution < 1.29 is 13.2 Å². The third-order valence-corrected chi connectivity index (χ3v) is 5.57. The molecule has 0 aliphatic rings. The van der Waals surface area contributed by atoms with E-state index in [4.69, 9.17) is 4.74 Å². The summed E-state index contributed by atoms with van der Waals surface area (Å²) >= 11 is 1.53. The second kappa shape index (κ2) is 5.95. The van der Waals surface area contributed by atoms with Crippen LogP contribution in [0.1, 0.15) is 23.4 Å². The molecule has 0 fully saturated rings. The van der Waals surface area contributed by atoms with Gasteiger partial charge in [-0.05, 0) is 49.1 Å². The highest BCUT2D eigenvalue weighted by atomic mass is 32.2. The van der Waals surface area contributed by atoms with Gasteiger partial charge in [0.1, 0.15) is 5.75 Å². The Hall–Kier alpha value is -1.37. The summed E-state index contributed by atoms with van der Waals surface area (Å²) in [5, 5.41) is 1.93. The highest BCUT2D eigenvalue weighted by molar-refractivity contribution is 7.89. The van der Waals surface area contributed by atoms with Crippen molar-refractivity contribution in [2.45, 2.75) is 24.8 Å².